The molecule has 0 spiro atoms. The van der Waals surface area contributed by atoms with Gasteiger partial charge in [0.05, 0.1) is 0 Å². The summed E-state index contributed by atoms with van der Waals surface area (Å²) < 4.78 is 15.2. The van der Waals surface area contributed by atoms with Crippen LogP contribution in [-0.2, 0) is 6.42 Å². The fraction of sp³-hybridized carbons (Fsp3) is 0.471. The predicted octanol–water partition coefficient (Wildman–Crippen LogP) is 10.5. The first-order valence-corrected chi connectivity index (χ1v) is 13.4. The molecule has 0 aliphatic heterocycles. The summed E-state index contributed by atoms with van der Waals surface area (Å²) in [6.45, 7) is 22.2. The molecule has 2 aliphatic rings. The molecule has 35 heavy (non-hydrogen) atoms. The highest BCUT2D eigenvalue weighted by atomic mass is 19.1. The van der Waals surface area contributed by atoms with Gasteiger partial charge in [0.1, 0.15) is 5.82 Å². The molecular weight excluding hydrogens is 427 g/mol. The number of rotatable bonds is 7. The molecule has 1 aromatic rings. The van der Waals surface area contributed by atoms with Crippen molar-refractivity contribution in [3.05, 3.63) is 100.0 Å². The lowest BCUT2D eigenvalue weighted by molar-refractivity contribution is 0.330. The minimum Gasteiger partial charge on any atom is -0.206 e. The fourth-order valence-corrected chi connectivity index (χ4v) is 6.15. The van der Waals surface area contributed by atoms with Gasteiger partial charge >= 0.3 is 0 Å². The third kappa shape index (κ3) is 6.63. The van der Waals surface area contributed by atoms with Crippen LogP contribution in [-0.4, -0.2) is 0 Å². The van der Waals surface area contributed by atoms with Gasteiger partial charge < -0.3 is 0 Å². The summed E-state index contributed by atoms with van der Waals surface area (Å²) in [5.74, 6) is 0.219. The number of halogens is 1. The first kappa shape index (κ1) is 27.2. The molecule has 0 amide bonds. The first-order valence-electron chi connectivity index (χ1n) is 13.4. The van der Waals surface area contributed by atoms with Gasteiger partial charge in [-0.15, -0.1) is 0 Å². The van der Waals surface area contributed by atoms with E-state index in [4.69, 9.17) is 0 Å². The van der Waals surface area contributed by atoms with E-state index in [2.05, 4.69) is 72.9 Å². The van der Waals surface area contributed by atoms with Crippen molar-refractivity contribution in [1.82, 2.24) is 0 Å². The Balaban J connectivity index is 2.32. The third-order valence-corrected chi connectivity index (χ3v) is 7.50. The molecule has 0 aromatic heterocycles. The number of hydrogen-bond acceptors (Lipinski definition) is 0. The van der Waals surface area contributed by atoms with Gasteiger partial charge in [0.2, 0.25) is 0 Å². The molecule has 0 heterocycles. The average molecular weight is 473 g/mol. The fourth-order valence-electron chi connectivity index (χ4n) is 6.15. The van der Waals surface area contributed by atoms with Crippen molar-refractivity contribution < 1.29 is 4.39 Å². The summed E-state index contributed by atoms with van der Waals surface area (Å²) in [5.41, 5.74) is 10.7. The van der Waals surface area contributed by atoms with Gasteiger partial charge in [0, 0.05) is 5.56 Å². The van der Waals surface area contributed by atoms with Crippen molar-refractivity contribution in [2.45, 2.75) is 92.9 Å². The van der Waals surface area contributed by atoms with Gasteiger partial charge in [-0.2, -0.15) is 0 Å². The second-order valence-corrected chi connectivity index (χ2v) is 11.8. The normalized spacial score (nSPS) is 19.6. The van der Waals surface area contributed by atoms with Crippen LogP contribution in [0.3, 0.4) is 0 Å². The smallest absolute Gasteiger partial charge is 0.130 e. The van der Waals surface area contributed by atoms with Gasteiger partial charge in [-0.1, -0.05) is 82.4 Å². The van der Waals surface area contributed by atoms with Gasteiger partial charge in [0.15, 0.2) is 0 Å². The maximum absolute atomic E-state index is 15.2. The summed E-state index contributed by atoms with van der Waals surface area (Å²) in [7, 11) is 0. The highest BCUT2D eigenvalue weighted by Crippen LogP contribution is 2.43. The number of fused-ring (bicyclic) bond motifs is 1. The zero-order valence-corrected chi connectivity index (χ0v) is 23.0. The third-order valence-electron chi connectivity index (χ3n) is 7.50. The molecule has 188 valence electrons. The van der Waals surface area contributed by atoms with E-state index in [1.165, 1.54) is 48.0 Å². The van der Waals surface area contributed by atoms with Crippen LogP contribution in [0, 0.1) is 17.2 Å². The summed E-state index contributed by atoms with van der Waals surface area (Å²) in [6.07, 6.45) is 15.4. The Labute approximate surface area is 214 Å². The van der Waals surface area contributed by atoms with Gasteiger partial charge in [0.25, 0.3) is 0 Å². The highest BCUT2D eigenvalue weighted by molar-refractivity contribution is 5.79. The minimum absolute atomic E-state index is 0.104. The largest absolute Gasteiger partial charge is 0.206 e. The van der Waals surface area contributed by atoms with E-state index in [0.29, 0.717) is 5.92 Å². The lowest BCUT2D eigenvalue weighted by Gasteiger charge is -2.30. The van der Waals surface area contributed by atoms with E-state index in [-0.39, 0.29) is 11.2 Å². The lowest BCUT2D eigenvalue weighted by atomic mass is 9.74. The van der Waals surface area contributed by atoms with Crippen LogP contribution in [0.2, 0.25) is 0 Å². The van der Waals surface area contributed by atoms with Crippen LogP contribution in [0.1, 0.15) is 97.6 Å². The van der Waals surface area contributed by atoms with Crippen molar-refractivity contribution in [3.63, 3.8) is 0 Å². The summed E-state index contributed by atoms with van der Waals surface area (Å²) >= 11 is 0. The summed E-state index contributed by atoms with van der Waals surface area (Å²) in [4.78, 5) is 0. The van der Waals surface area contributed by atoms with E-state index in [1.54, 1.807) is 6.07 Å². The molecule has 0 nitrogen and oxygen atoms in total. The average Bonchev–Trinajstić information content (AvgIpc) is 3.30. The number of aryl methyl sites for hydroxylation is 1. The van der Waals surface area contributed by atoms with E-state index >= 15 is 4.39 Å². The predicted molar refractivity (Wildman–Crippen MR) is 152 cm³/mol. The molecular formula is C34H45F. The van der Waals surface area contributed by atoms with E-state index < -0.39 is 0 Å². The molecule has 0 radical (unpaired) electrons. The Bertz CT molecular complexity index is 1090. The van der Waals surface area contributed by atoms with Crippen LogP contribution >= 0.6 is 0 Å². The van der Waals surface area contributed by atoms with Crippen molar-refractivity contribution in [1.29, 1.82) is 0 Å². The Morgan fingerprint density at radius 1 is 1.06 bits per heavy atom. The van der Waals surface area contributed by atoms with Crippen LogP contribution in [0.5, 0.6) is 0 Å². The zero-order chi connectivity index (χ0) is 25.8. The monoisotopic (exact) mass is 472 g/mol. The van der Waals surface area contributed by atoms with Gasteiger partial charge in [-0.05, 0) is 116 Å². The summed E-state index contributed by atoms with van der Waals surface area (Å²) in [6, 6.07) is 5.54. The molecule has 3 rings (SSSR count). The standard InChI is InChI=1S/C34H45F/c1-9-27(21-20-26-14-10-11-15-26)32(31(23(2)3)24(4)22-34(6,7)8)25(5)29-18-12-16-28-17-13-19-30(35)33(28)29/h9,13,17,19-21,24H,1-2,10-12,14-16,18,22H2,3-8H3/b27-21+,29-25+,32-31-. The van der Waals surface area contributed by atoms with Crippen molar-refractivity contribution in [2.24, 2.45) is 11.3 Å². The topological polar surface area (TPSA) is 0 Å². The van der Waals surface area contributed by atoms with Crippen molar-refractivity contribution >= 4 is 5.57 Å². The zero-order valence-electron chi connectivity index (χ0n) is 23.0. The molecule has 1 atom stereocenters. The summed E-state index contributed by atoms with van der Waals surface area (Å²) in [5, 5.41) is 0. The second-order valence-electron chi connectivity index (χ2n) is 11.8. The first-order chi connectivity index (χ1) is 16.5. The minimum atomic E-state index is -0.104. The molecule has 2 aliphatic carbocycles. The van der Waals surface area contributed by atoms with Crippen LogP contribution in [0.4, 0.5) is 4.39 Å². The van der Waals surface area contributed by atoms with Crippen LogP contribution < -0.4 is 0 Å². The Kier molecular flexibility index (Phi) is 8.97. The number of hydrogen-bond donors (Lipinski definition) is 0. The second kappa shape index (κ2) is 11.5. The lowest BCUT2D eigenvalue weighted by Crippen LogP contribution is -2.16. The van der Waals surface area contributed by atoms with Crippen LogP contribution in [0.15, 0.2) is 83.0 Å². The number of benzene rings is 1. The maximum Gasteiger partial charge on any atom is 0.130 e. The Morgan fingerprint density at radius 2 is 1.74 bits per heavy atom. The SMILES string of the molecule is C=CC(=C\C=C1CCCC1)/C(=C(/C(=C)C)C(C)CC(C)(C)C)C(/C)=C1\CCCc2cccc(F)c21. The Morgan fingerprint density at radius 3 is 2.34 bits per heavy atom. The Hall–Kier alpha value is -2.41. The molecule has 1 unspecified atom stereocenters. The molecule has 1 fully saturated rings. The molecule has 1 saturated carbocycles. The van der Waals surface area contributed by atoms with Gasteiger partial charge in [-0.3, -0.25) is 0 Å². The molecule has 0 N–H and O–H groups in total. The van der Waals surface area contributed by atoms with Crippen LogP contribution in [0.25, 0.3) is 5.57 Å². The molecule has 1 heteroatoms. The molecule has 0 bridgehead atoms. The van der Waals surface area contributed by atoms with Gasteiger partial charge in [-0.25, -0.2) is 4.39 Å². The highest BCUT2D eigenvalue weighted by Gasteiger charge is 2.26. The van der Waals surface area contributed by atoms with Crippen molar-refractivity contribution in [3.8, 4) is 0 Å². The van der Waals surface area contributed by atoms with E-state index in [0.717, 1.165) is 53.5 Å². The van der Waals surface area contributed by atoms with E-state index in [1.807, 2.05) is 12.1 Å². The molecule has 1 aromatic carbocycles. The molecule has 0 saturated heterocycles. The maximum atomic E-state index is 15.2. The number of allylic oxidation sites excluding steroid dienone is 10. The van der Waals surface area contributed by atoms with Crippen molar-refractivity contribution in [2.75, 3.05) is 0 Å². The van der Waals surface area contributed by atoms with E-state index in [9.17, 15) is 0 Å². The quantitative estimate of drug-likeness (QED) is 0.346.